The topological polar surface area (TPSA) is 70.6 Å². The van der Waals surface area contributed by atoms with Crippen LogP contribution >= 0.6 is 24.0 Å². The molecule has 0 aliphatic carbocycles. The minimum absolute atomic E-state index is 0. The van der Waals surface area contributed by atoms with E-state index in [2.05, 4.69) is 29.5 Å². The molecule has 0 amide bonds. The van der Waals surface area contributed by atoms with Crippen LogP contribution in [0, 0.1) is 5.92 Å². The Labute approximate surface area is 135 Å². The lowest BCUT2D eigenvalue weighted by atomic mass is 10.1. The van der Waals surface area contributed by atoms with Crippen LogP contribution in [0.5, 0.6) is 0 Å². The van der Waals surface area contributed by atoms with Crippen molar-refractivity contribution in [1.29, 1.82) is 0 Å². The summed E-state index contributed by atoms with van der Waals surface area (Å²) in [4.78, 5) is 4.40. The molecule has 2 N–H and O–H groups in total. The zero-order valence-electron chi connectivity index (χ0n) is 12.4. The minimum atomic E-state index is -2.92. The molecule has 5 nitrogen and oxygen atoms in total. The summed E-state index contributed by atoms with van der Waals surface area (Å²) in [6.07, 6.45) is 3.45. The summed E-state index contributed by atoms with van der Waals surface area (Å²) in [5, 5.41) is 6.13. The fraction of sp³-hybridized carbons (Fsp3) is 0.917. The summed E-state index contributed by atoms with van der Waals surface area (Å²) in [7, 11) is -2.92. The lowest BCUT2D eigenvalue weighted by Gasteiger charge is -2.11. The van der Waals surface area contributed by atoms with E-state index in [-0.39, 0.29) is 29.7 Å². The third-order valence-corrected chi connectivity index (χ3v) is 3.26. The predicted octanol–water partition coefficient (Wildman–Crippen LogP) is 1.64. The fourth-order valence-corrected chi connectivity index (χ4v) is 1.86. The number of aliphatic imine (C=N–C) groups is 1. The summed E-state index contributed by atoms with van der Waals surface area (Å²) in [5.74, 6) is 1.52. The van der Waals surface area contributed by atoms with Crippen molar-refractivity contribution in [2.75, 3.05) is 31.6 Å². The second-order valence-electron chi connectivity index (χ2n) is 4.85. The van der Waals surface area contributed by atoms with Crippen LogP contribution in [0.25, 0.3) is 0 Å². The molecule has 0 heterocycles. The zero-order valence-corrected chi connectivity index (χ0v) is 15.5. The van der Waals surface area contributed by atoms with E-state index in [1.165, 1.54) is 6.26 Å². The average Bonchev–Trinajstić information content (AvgIpc) is 2.22. The molecule has 0 fully saturated rings. The number of nitrogens with zero attached hydrogens (tertiary/aromatic N) is 1. The lowest BCUT2D eigenvalue weighted by molar-refractivity contribution is 0.560. The van der Waals surface area contributed by atoms with Gasteiger partial charge in [0.05, 0.1) is 5.75 Å². The molecule has 116 valence electrons. The van der Waals surface area contributed by atoms with Gasteiger partial charge in [-0.3, -0.25) is 4.99 Å². The third kappa shape index (κ3) is 15.9. The number of rotatable bonds is 8. The van der Waals surface area contributed by atoms with E-state index in [0.29, 0.717) is 18.4 Å². The van der Waals surface area contributed by atoms with E-state index in [0.717, 1.165) is 25.9 Å². The molecular weight excluding hydrogens is 377 g/mol. The van der Waals surface area contributed by atoms with E-state index in [1.807, 2.05) is 6.92 Å². The number of sulfone groups is 1. The van der Waals surface area contributed by atoms with E-state index >= 15 is 0 Å². The highest BCUT2D eigenvalue weighted by Crippen LogP contribution is 2.02. The Kier molecular flexibility index (Phi) is 13.1. The largest absolute Gasteiger partial charge is 0.357 e. The van der Waals surface area contributed by atoms with E-state index in [9.17, 15) is 8.42 Å². The second-order valence-corrected chi connectivity index (χ2v) is 7.11. The van der Waals surface area contributed by atoms with Crippen LogP contribution in [0.15, 0.2) is 4.99 Å². The molecule has 0 aromatic carbocycles. The molecule has 0 atom stereocenters. The maximum atomic E-state index is 11.0. The van der Waals surface area contributed by atoms with Gasteiger partial charge in [0.25, 0.3) is 0 Å². The first-order valence-corrected chi connectivity index (χ1v) is 8.61. The SMILES string of the molecule is CCNC(=NCCCC(C)C)NCCS(C)(=O)=O.I. The van der Waals surface area contributed by atoms with Crippen molar-refractivity contribution in [1.82, 2.24) is 10.6 Å². The molecular formula is C12H28IN3O2S. The predicted molar refractivity (Wildman–Crippen MR) is 93.2 cm³/mol. The summed E-state index contributed by atoms with van der Waals surface area (Å²) < 4.78 is 22.0. The van der Waals surface area contributed by atoms with E-state index < -0.39 is 9.84 Å². The molecule has 0 bridgehead atoms. The van der Waals surface area contributed by atoms with Gasteiger partial charge in [-0.05, 0) is 25.7 Å². The molecule has 0 saturated heterocycles. The minimum Gasteiger partial charge on any atom is -0.357 e. The van der Waals surface area contributed by atoms with Crippen molar-refractivity contribution in [3.05, 3.63) is 0 Å². The summed E-state index contributed by atoms with van der Waals surface area (Å²) in [6, 6.07) is 0. The van der Waals surface area contributed by atoms with Crippen molar-refractivity contribution in [2.45, 2.75) is 33.6 Å². The molecule has 0 rings (SSSR count). The molecule has 7 heteroatoms. The van der Waals surface area contributed by atoms with Crippen molar-refractivity contribution in [3.8, 4) is 0 Å². The Morgan fingerprint density at radius 3 is 2.37 bits per heavy atom. The van der Waals surface area contributed by atoms with Crippen molar-refractivity contribution < 1.29 is 8.42 Å². The van der Waals surface area contributed by atoms with E-state index in [4.69, 9.17) is 0 Å². The monoisotopic (exact) mass is 405 g/mol. The molecule has 0 aromatic rings. The van der Waals surface area contributed by atoms with Gasteiger partial charge in [-0.2, -0.15) is 0 Å². The zero-order chi connectivity index (χ0) is 14.0. The summed E-state index contributed by atoms with van der Waals surface area (Å²) in [5.41, 5.74) is 0. The van der Waals surface area contributed by atoms with Crippen LogP contribution < -0.4 is 10.6 Å². The van der Waals surface area contributed by atoms with Gasteiger partial charge in [0.15, 0.2) is 5.96 Å². The highest BCUT2D eigenvalue weighted by atomic mass is 127. The van der Waals surface area contributed by atoms with Gasteiger partial charge in [0.2, 0.25) is 0 Å². The van der Waals surface area contributed by atoms with Crippen molar-refractivity contribution in [3.63, 3.8) is 0 Å². The molecule has 0 spiro atoms. The average molecular weight is 405 g/mol. The molecule has 0 saturated carbocycles. The number of nitrogens with one attached hydrogen (secondary N) is 2. The molecule has 0 aromatic heterocycles. The lowest BCUT2D eigenvalue weighted by Crippen LogP contribution is -2.39. The molecule has 0 radical (unpaired) electrons. The highest BCUT2D eigenvalue weighted by molar-refractivity contribution is 14.0. The van der Waals surface area contributed by atoms with Crippen LogP contribution in [-0.4, -0.2) is 46.0 Å². The van der Waals surface area contributed by atoms with Crippen molar-refractivity contribution >= 4 is 39.8 Å². The third-order valence-electron chi connectivity index (χ3n) is 2.32. The van der Waals surface area contributed by atoms with Gasteiger partial charge >= 0.3 is 0 Å². The van der Waals surface area contributed by atoms with Gasteiger partial charge in [-0.1, -0.05) is 13.8 Å². The van der Waals surface area contributed by atoms with Gasteiger partial charge in [0, 0.05) is 25.9 Å². The first-order chi connectivity index (χ1) is 8.35. The molecule has 19 heavy (non-hydrogen) atoms. The van der Waals surface area contributed by atoms with Gasteiger partial charge in [-0.15, -0.1) is 24.0 Å². The van der Waals surface area contributed by atoms with Crippen LogP contribution in [0.3, 0.4) is 0 Å². The smallest absolute Gasteiger partial charge is 0.191 e. The summed E-state index contributed by atoms with van der Waals surface area (Å²) in [6.45, 7) is 8.32. The highest BCUT2D eigenvalue weighted by Gasteiger charge is 2.03. The number of halogens is 1. The summed E-state index contributed by atoms with van der Waals surface area (Å²) >= 11 is 0. The molecule has 0 unspecified atom stereocenters. The van der Waals surface area contributed by atoms with Gasteiger partial charge in [-0.25, -0.2) is 8.42 Å². The van der Waals surface area contributed by atoms with Crippen molar-refractivity contribution in [2.24, 2.45) is 10.9 Å². The number of guanidine groups is 1. The fourth-order valence-electron chi connectivity index (χ4n) is 1.39. The number of hydrogen-bond donors (Lipinski definition) is 2. The Morgan fingerprint density at radius 2 is 1.89 bits per heavy atom. The van der Waals surface area contributed by atoms with Gasteiger partial charge < -0.3 is 10.6 Å². The quantitative estimate of drug-likeness (QED) is 0.279. The van der Waals surface area contributed by atoms with Crippen LogP contribution in [0.4, 0.5) is 0 Å². The Bertz CT molecular complexity index is 343. The normalized spacial score (nSPS) is 12.2. The standard InChI is InChI=1S/C12H27N3O2S.HI/c1-5-13-12(14-8-6-7-11(2)3)15-9-10-18(4,16)17;/h11H,5-10H2,1-4H3,(H2,13,14,15);1H. The number of hydrogen-bond acceptors (Lipinski definition) is 3. The molecule has 0 aliphatic rings. The van der Waals surface area contributed by atoms with Crippen LogP contribution in [0.1, 0.15) is 33.6 Å². The second kappa shape index (κ2) is 11.7. The first kappa shape index (κ1) is 21.3. The van der Waals surface area contributed by atoms with E-state index in [1.54, 1.807) is 0 Å². The Balaban J connectivity index is 0. The maximum absolute atomic E-state index is 11.0. The Morgan fingerprint density at radius 1 is 1.26 bits per heavy atom. The molecule has 0 aliphatic heterocycles. The Hall–Kier alpha value is -0.0500. The maximum Gasteiger partial charge on any atom is 0.191 e. The van der Waals surface area contributed by atoms with Crippen LogP contribution in [0.2, 0.25) is 0 Å². The van der Waals surface area contributed by atoms with Crippen LogP contribution in [-0.2, 0) is 9.84 Å². The van der Waals surface area contributed by atoms with Gasteiger partial charge in [0.1, 0.15) is 9.84 Å². The first-order valence-electron chi connectivity index (χ1n) is 6.55.